The second-order valence-electron chi connectivity index (χ2n) is 5.88. The highest BCUT2D eigenvalue weighted by Crippen LogP contribution is 2.30. The first-order valence-electron chi connectivity index (χ1n) is 6.91. The number of carbonyl (C=O) groups excluding carboxylic acids is 1. The van der Waals surface area contributed by atoms with E-state index in [2.05, 4.69) is 34.8 Å². The minimum Gasteiger partial charge on any atom is -0.354 e. The fourth-order valence-electron chi connectivity index (χ4n) is 2.60. The van der Waals surface area contributed by atoms with Crippen molar-refractivity contribution < 1.29 is 4.79 Å². The van der Waals surface area contributed by atoms with Crippen LogP contribution in [0.4, 0.5) is 0 Å². The number of amides is 1. The molecule has 0 saturated carbocycles. The van der Waals surface area contributed by atoms with Crippen LogP contribution in [0.15, 0.2) is 5.38 Å². The lowest BCUT2D eigenvalue weighted by Crippen LogP contribution is -2.55. The minimum atomic E-state index is -0.0709. The van der Waals surface area contributed by atoms with Crippen LogP contribution in [0.25, 0.3) is 0 Å². The van der Waals surface area contributed by atoms with Gasteiger partial charge in [-0.25, -0.2) is 4.98 Å². The van der Waals surface area contributed by atoms with Gasteiger partial charge in [0.1, 0.15) is 0 Å². The predicted molar refractivity (Wildman–Crippen MR) is 78.4 cm³/mol. The highest BCUT2D eigenvalue weighted by atomic mass is 32.1. The molecule has 1 aromatic heterocycles. The zero-order chi connectivity index (χ0) is 13.9. The summed E-state index contributed by atoms with van der Waals surface area (Å²) in [6, 6.07) is -0.0709. The number of aromatic nitrogens is 1. The summed E-state index contributed by atoms with van der Waals surface area (Å²) in [4.78, 5) is 16.6. The van der Waals surface area contributed by atoms with Gasteiger partial charge in [-0.05, 0) is 31.7 Å². The van der Waals surface area contributed by atoms with Crippen LogP contribution in [0.2, 0.25) is 0 Å². The molecule has 106 valence electrons. The molecule has 1 aliphatic heterocycles. The molecule has 0 radical (unpaired) electrons. The van der Waals surface area contributed by atoms with Gasteiger partial charge in [0, 0.05) is 18.3 Å². The molecule has 1 saturated heterocycles. The van der Waals surface area contributed by atoms with Crippen molar-refractivity contribution in [3.05, 3.63) is 16.1 Å². The monoisotopic (exact) mass is 281 g/mol. The molecule has 1 aromatic rings. The number of hydrogen-bond donors (Lipinski definition) is 2. The van der Waals surface area contributed by atoms with Gasteiger partial charge in [0.05, 0.1) is 16.7 Å². The summed E-state index contributed by atoms with van der Waals surface area (Å²) in [6.07, 6.45) is 3.06. The first-order valence-corrected chi connectivity index (χ1v) is 7.79. The van der Waals surface area contributed by atoms with Crippen LogP contribution in [-0.2, 0) is 11.2 Å². The van der Waals surface area contributed by atoms with Gasteiger partial charge in [0.2, 0.25) is 5.91 Å². The molecule has 2 heterocycles. The molecular weight excluding hydrogens is 258 g/mol. The molecule has 1 atom stereocenters. The van der Waals surface area contributed by atoms with E-state index < -0.39 is 0 Å². The van der Waals surface area contributed by atoms with Crippen LogP contribution in [0.1, 0.15) is 37.4 Å². The number of thiazole rings is 1. The first-order chi connectivity index (χ1) is 8.99. The summed E-state index contributed by atoms with van der Waals surface area (Å²) < 4.78 is 0. The Kier molecular flexibility index (Phi) is 4.58. The zero-order valence-electron chi connectivity index (χ0n) is 12.0. The smallest absolute Gasteiger partial charge is 0.237 e. The Morgan fingerprint density at radius 1 is 1.63 bits per heavy atom. The minimum absolute atomic E-state index is 0.0412. The van der Waals surface area contributed by atoms with Crippen molar-refractivity contribution in [1.82, 2.24) is 15.6 Å². The van der Waals surface area contributed by atoms with Crippen molar-refractivity contribution in [3.8, 4) is 0 Å². The molecular formula is C14H23N3OS. The third-order valence-electron chi connectivity index (χ3n) is 3.74. The van der Waals surface area contributed by atoms with E-state index in [-0.39, 0.29) is 17.4 Å². The number of hydrogen-bond acceptors (Lipinski definition) is 4. The molecule has 0 aromatic carbocycles. The fourth-order valence-corrected chi connectivity index (χ4v) is 3.24. The Labute approximate surface area is 119 Å². The van der Waals surface area contributed by atoms with Crippen LogP contribution >= 0.6 is 11.3 Å². The van der Waals surface area contributed by atoms with Crippen molar-refractivity contribution in [2.75, 3.05) is 13.1 Å². The Bertz CT molecular complexity index is 442. The Balaban J connectivity index is 1.80. The molecule has 1 amide bonds. The number of rotatable bonds is 4. The van der Waals surface area contributed by atoms with Gasteiger partial charge in [0.15, 0.2) is 0 Å². The van der Waals surface area contributed by atoms with Gasteiger partial charge < -0.3 is 10.6 Å². The van der Waals surface area contributed by atoms with Crippen molar-refractivity contribution in [2.45, 2.75) is 46.1 Å². The van der Waals surface area contributed by atoms with E-state index in [0.29, 0.717) is 6.54 Å². The Morgan fingerprint density at radius 2 is 2.42 bits per heavy atom. The normalized spacial score (nSPS) is 22.2. The molecule has 0 spiro atoms. The lowest BCUT2D eigenvalue weighted by molar-refractivity contribution is -0.126. The Hall–Kier alpha value is -0.940. The van der Waals surface area contributed by atoms with E-state index >= 15 is 0 Å². The molecule has 4 nitrogen and oxygen atoms in total. The van der Waals surface area contributed by atoms with Gasteiger partial charge in [-0.1, -0.05) is 13.8 Å². The van der Waals surface area contributed by atoms with E-state index in [1.54, 1.807) is 11.3 Å². The molecule has 2 N–H and O–H groups in total. The first kappa shape index (κ1) is 14.5. The maximum absolute atomic E-state index is 12.2. The lowest BCUT2D eigenvalue weighted by Gasteiger charge is -2.38. The predicted octanol–water partition coefficient (Wildman–Crippen LogP) is 1.89. The maximum atomic E-state index is 12.2. The molecule has 0 bridgehead atoms. The number of aryl methyl sites for hydroxylation is 1. The van der Waals surface area contributed by atoms with Crippen molar-refractivity contribution in [2.24, 2.45) is 5.41 Å². The molecule has 5 heteroatoms. The molecule has 1 fully saturated rings. The quantitative estimate of drug-likeness (QED) is 0.886. The lowest BCUT2D eigenvalue weighted by atomic mass is 9.77. The molecule has 1 unspecified atom stereocenters. The number of piperidine rings is 1. The van der Waals surface area contributed by atoms with Crippen LogP contribution in [0, 0.1) is 12.3 Å². The van der Waals surface area contributed by atoms with E-state index in [4.69, 9.17) is 0 Å². The number of nitrogens with zero attached hydrogens (tertiary/aromatic N) is 1. The molecule has 0 aliphatic carbocycles. The molecule has 2 rings (SSSR count). The summed E-state index contributed by atoms with van der Waals surface area (Å²) in [5.41, 5.74) is 1.11. The largest absolute Gasteiger partial charge is 0.354 e. The zero-order valence-corrected chi connectivity index (χ0v) is 12.8. The third-order valence-corrected chi connectivity index (χ3v) is 4.56. The fraction of sp³-hybridized carbons (Fsp3) is 0.714. The topological polar surface area (TPSA) is 54.0 Å². The van der Waals surface area contributed by atoms with Crippen molar-refractivity contribution in [1.29, 1.82) is 0 Å². The highest BCUT2D eigenvalue weighted by molar-refractivity contribution is 7.09. The van der Waals surface area contributed by atoms with Crippen LogP contribution in [0.5, 0.6) is 0 Å². The van der Waals surface area contributed by atoms with E-state index in [1.807, 2.05) is 6.92 Å². The van der Waals surface area contributed by atoms with Crippen molar-refractivity contribution >= 4 is 17.2 Å². The number of nitrogens with one attached hydrogen (secondary N) is 2. The summed E-state index contributed by atoms with van der Waals surface area (Å²) >= 11 is 1.65. The number of carbonyl (C=O) groups is 1. The summed E-state index contributed by atoms with van der Waals surface area (Å²) in [6.45, 7) is 7.92. The Morgan fingerprint density at radius 3 is 3.05 bits per heavy atom. The van der Waals surface area contributed by atoms with E-state index in [1.165, 1.54) is 0 Å². The van der Waals surface area contributed by atoms with Gasteiger partial charge in [0.25, 0.3) is 0 Å². The second-order valence-corrected chi connectivity index (χ2v) is 6.94. The third kappa shape index (κ3) is 3.76. The van der Waals surface area contributed by atoms with E-state index in [9.17, 15) is 4.79 Å². The van der Waals surface area contributed by atoms with Gasteiger partial charge in [-0.3, -0.25) is 4.79 Å². The van der Waals surface area contributed by atoms with Crippen LogP contribution in [0.3, 0.4) is 0 Å². The summed E-state index contributed by atoms with van der Waals surface area (Å²) in [5.74, 6) is 0.122. The van der Waals surface area contributed by atoms with Gasteiger partial charge >= 0.3 is 0 Å². The molecule has 1 aliphatic rings. The van der Waals surface area contributed by atoms with Crippen LogP contribution in [-0.4, -0.2) is 30.0 Å². The maximum Gasteiger partial charge on any atom is 0.237 e. The summed E-state index contributed by atoms with van der Waals surface area (Å²) in [5, 5.41) is 9.51. The SMILES string of the molecule is Cc1nc(CCNC(=O)C2NCCCC2(C)C)cs1. The average Bonchev–Trinajstić information content (AvgIpc) is 2.74. The van der Waals surface area contributed by atoms with Gasteiger partial charge in [-0.15, -0.1) is 11.3 Å². The van der Waals surface area contributed by atoms with E-state index in [0.717, 1.165) is 36.5 Å². The van der Waals surface area contributed by atoms with Crippen LogP contribution < -0.4 is 10.6 Å². The van der Waals surface area contributed by atoms with Gasteiger partial charge in [-0.2, -0.15) is 0 Å². The standard InChI is InChI=1S/C14H23N3OS/c1-10-17-11(9-19-10)5-8-16-13(18)12-14(2,3)6-4-7-15-12/h9,12,15H,4-8H2,1-3H3,(H,16,18). The summed E-state index contributed by atoms with van der Waals surface area (Å²) in [7, 11) is 0. The highest BCUT2D eigenvalue weighted by Gasteiger charge is 2.36. The van der Waals surface area contributed by atoms with Crippen molar-refractivity contribution in [3.63, 3.8) is 0 Å². The average molecular weight is 281 g/mol. The molecule has 19 heavy (non-hydrogen) atoms. The second kappa shape index (κ2) is 6.01.